The Labute approximate surface area is 122 Å². The Hall–Kier alpha value is 0.394. The lowest BCUT2D eigenvalue weighted by atomic mass is 9.53. The minimum absolute atomic E-state index is 0.643. The van der Waals surface area contributed by atoms with Gasteiger partial charge < -0.3 is 4.23 Å². The predicted molar refractivity (Wildman–Crippen MR) is 89.4 cm³/mol. The average Bonchev–Trinajstić information content (AvgIpc) is 2.07. The highest BCUT2D eigenvalue weighted by Gasteiger charge is 2.57. The molecule has 0 aromatic carbocycles. The lowest BCUT2D eigenvalue weighted by Crippen LogP contribution is -2.73. The number of nitrogens with zero attached hydrogens (tertiary/aromatic N) is 1. The fourth-order valence-corrected chi connectivity index (χ4v) is 18.2. The van der Waals surface area contributed by atoms with E-state index in [1.54, 1.807) is 38.5 Å². The van der Waals surface area contributed by atoms with Gasteiger partial charge in [-0.2, -0.15) is 0 Å². The molecule has 4 saturated carbocycles. The maximum absolute atomic E-state index is 3.19. The maximum Gasteiger partial charge on any atom is 0.112 e. The first kappa shape index (κ1) is 14.3. The van der Waals surface area contributed by atoms with Crippen LogP contribution in [0.15, 0.2) is 0 Å². The second kappa shape index (κ2) is 4.20. The van der Waals surface area contributed by atoms with E-state index in [1.807, 2.05) is 0 Å². The van der Waals surface area contributed by atoms with Gasteiger partial charge in [-0.15, -0.1) is 0 Å². The van der Waals surface area contributed by atoms with E-state index in [0.717, 1.165) is 17.8 Å². The molecule has 0 atom stereocenters. The Balaban J connectivity index is 1.98. The van der Waals surface area contributed by atoms with Gasteiger partial charge in [0.1, 0.15) is 16.5 Å². The van der Waals surface area contributed by atoms with Gasteiger partial charge in [0, 0.05) is 5.54 Å². The summed E-state index contributed by atoms with van der Waals surface area (Å²) in [7, 11) is -2.42. The molecule has 4 bridgehead atoms. The van der Waals surface area contributed by atoms with Crippen molar-refractivity contribution in [2.75, 3.05) is 0 Å². The van der Waals surface area contributed by atoms with E-state index in [1.165, 1.54) is 0 Å². The molecule has 0 aromatic rings. The van der Waals surface area contributed by atoms with Gasteiger partial charge in [-0.3, -0.25) is 0 Å². The van der Waals surface area contributed by atoms with E-state index in [4.69, 9.17) is 0 Å². The highest BCUT2D eigenvalue weighted by atomic mass is 28.4. The molecule has 1 nitrogen and oxygen atoms in total. The molecular weight excluding hydrogens is 262 g/mol. The van der Waals surface area contributed by atoms with Gasteiger partial charge in [-0.05, 0) is 56.3 Å². The summed E-state index contributed by atoms with van der Waals surface area (Å²) in [6.45, 7) is 15.6. The third-order valence-corrected chi connectivity index (χ3v) is 13.5. The molecule has 0 N–H and O–H groups in total. The summed E-state index contributed by atoms with van der Waals surface area (Å²) in [4.78, 5) is 0. The van der Waals surface area contributed by atoms with Crippen molar-refractivity contribution in [1.29, 1.82) is 0 Å². The molecule has 4 rings (SSSR count). The Bertz CT molecular complexity index is 315. The third-order valence-electron chi connectivity index (χ3n) is 5.82. The molecule has 0 spiro atoms. The van der Waals surface area contributed by atoms with Gasteiger partial charge in [0.05, 0.1) is 0 Å². The molecule has 0 unspecified atom stereocenters. The standard InChI is InChI=1S/C16H33NSi2/c1-18(2,3)17(19(4,5)6)16-10-13-7-14(11-16)9-15(8-13)12-16/h13-15H,7-12H2,1-6H3. The first-order chi connectivity index (χ1) is 8.60. The highest BCUT2D eigenvalue weighted by molar-refractivity contribution is 6.89. The first-order valence-electron chi connectivity index (χ1n) is 8.41. The Morgan fingerprint density at radius 3 is 1.26 bits per heavy atom. The molecule has 110 valence electrons. The van der Waals surface area contributed by atoms with Gasteiger partial charge in [0.25, 0.3) is 0 Å². The van der Waals surface area contributed by atoms with E-state index in [9.17, 15) is 0 Å². The molecular formula is C16H33NSi2. The quantitative estimate of drug-likeness (QED) is 0.668. The third kappa shape index (κ3) is 2.40. The SMILES string of the molecule is C[Si](C)(C)N(C12CC3CC(CC(C3)C1)C2)[Si](C)(C)C. The van der Waals surface area contributed by atoms with Crippen LogP contribution in [0.1, 0.15) is 38.5 Å². The van der Waals surface area contributed by atoms with Crippen LogP contribution in [0.3, 0.4) is 0 Å². The van der Waals surface area contributed by atoms with Gasteiger partial charge in [-0.1, -0.05) is 39.3 Å². The zero-order valence-corrected chi connectivity index (χ0v) is 15.9. The van der Waals surface area contributed by atoms with Crippen LogP contribution in [0.5, 0.6) is 0 Å². The molecule has 4 aliphatic rings. The minimum Gasteiger partial charge on any atom is -0.340 e. The van der Waals surface area contributed by atoms with Crippen molar-refractivity contribution in [1.82, 2.24) is 4.23 Å². The molecule has 3 heteroatoms. The maximum atomic E-state index is 3.19. The van der Waals surface area contributed by atoms with Crippen molar-refractivity contribution < 1.29 is 0 Å². The minimum atomic E-state index is -1.21. The Kier molecular flexibility index (Phi) is 3.17. The van der Waals surface area contributed by atoms with Gasteiger partial charge in [-0.25, -0.2) is 0 Å². The van der Waals surface area contributed by atoms with Crippen LogP contribution in [0.25, 0.3) is 0 Å². The Morgan fingerprint density at radius 2 is 1.00 bits per heavy atom. The number of rotatable bonds is 3. The summed E-state index contributed by atoms with van der Waals surface area (Å²) >= 11 is 0. The van der Waals surface area contributed by atoms with Gasteiger partial charge >= 0.3 is 0 Å². The summed E-state index contributed by atoms with van der Waals surface area (Å²) in [5, 5.41) is 0. The number of hydrogen-bond acceptors (Lipinski definition) is 1. The fraction of sp³-hybridized carbons (Fsp3) is 1.00. The molecule has 4 aliphatic carbocycles. The lowest BCUT2D eigenvalue weighted by molar-refractivity contribution is -0.0402. The fourth-order valence-electron chi connectivity index (χ4n) is 6.77. The summed E-state index contributed by atoms with van der Waals surface area (Å²) < 4.78 is 3.19. The van der Waals surface area contributed by atoms with Crippen LogP contribution >= 0.6 is 0 Å². The van der Waals surface area contributed by atoms with E-state index < -0.39 is 16.5 Å². The van der Waals surface area contributed by atoms with Gasteiger partial charge in [0.2, 0.25) is 0 Å². The first-order valence-corrected chi connectivity index (χ1v) is 15.3. The largest absolute Gasteiger partial charge is 0.340 e. The molecule has 0 saturated heterocycles. The van der Waals surface area contributed by atoms with Crippen LogP contribution in [-0.4, -0.2) is 26.2 Å². The zero-order valence-electron chi connectivity index (χ0n) is 13.9. The molecule has 0 heterocycles. The van der Waals surface area contributed by atoms with E-state index in [0.29, 0.717) is 5.54 Å². The van der Waals surface area contributed by atoms with Crippen LogP contribution in [0.4, 0.5) is 0 Å². The second-order valence-electron chi connectivity index (χ2n) is 9.82. The van der Waals surface area contributed by atoms with Crippen LogP contribution in [0.2, 0.25) is 39.3 Å². The lowest BCUT2D eigenvalue weighted by Gasteiger charge is -2.66. The average molecular weight is 296 g/mol. The van der Waals surface area contributed by atoms with Crippen molar-refractivity contribution in [3.05, 3.63) is 0 Å². The number of hydrogen-bond donors (Lipinski definition) is 0. The van der Waals surface area contributed by atoms with Crippen LogP contribution in [-0.2, 0) is 0 Å². The molecule has 19 heavy (non-hydrogen) atoms. The van der Waals surface area contributed by atoms with Crippen molar-refractivity contribution in [2.45, 2.75) is 83.3 Å². The topological polar surface area (TPSA) is 3.24 Å². The van der Waals surface area contributed by atoms with Crippen LogP contribution < -0.4 is 0 Å². The summed E-state index contributed by atoms with van der Waals surface area (Å²) in [5.74, 6) is 3.25. The van der Waals surface area contributed by atoms with E-state index >= 15 is 0 Å². The molecule has 0 amide bonds. The van der Waals surface area contributed by atoms with E-state index in [-0.39, 0.29) is 0 Å². The second-order valence-corrected chi connectivity index (χ2v) is 19.8. The summed E-state index contributed by atoms with van der Waals surface area (Å²) in [5.41, 5.74) is 0.643. The molecule has 0 aromatic heterocycles. The monoisotopic (exact) mass is 295 g/mol. The normalized spacial score (nSPS) is 42.2. The summed E-state index contributed by atoms with van der Waals surface area (Å²) in [6.07, 6.45) is 9.37. The van der Waals surface area contributed by atoms with Crippen molar-refractivity contribution in [3.63, 3.8) is 0 Å². The van der Waals surface area contributed by atoms with E-state index in [2.05, 4.69) is 43.5 Å². The van der Waals surface area contributed by atoms with Gasteiger partial charge in [0.15, 0.2) is 0 Å². The zero-order chi connectivity index (χ0) is 14.1. The molecule has 0 aliphatic heterocycles. The molecule has 0 radical (unpaired) electrons. The van der Waals surface area contributed by atoms with Crippen LogP contribution in [0, 0.1) is 17.8 Å². The van der Waals surface area contributed by atoms with Crippen molar-refractivity contribution >= 4 is 16.5 Å². The predicted octanol–water partition coefficient (Wildman–Crippen LogP) is 4.93. The molecule has 4 fully saturated rings. The summed E-state index contributed by atoms with van der Waals surface area (Å²) in [6, 6.07) is 0. The Morgan fingerprint density at radius 1 is 0.684 bits per heavy atom. The van der Waals surface area contributed by atoms with Crippen molar-refractivity contribution in [2.24, 2.45) is 17.8 Å². The smallest absolute Gasteiger partial charge is 0.112 e. The van der Waals surface area contributed by atoms with Crippen molar-refractivity contribution in [3.8, 4) is 0 Å². The highest BCUT2D eigenvalue weighted by Crippen LogP contribution is 2.59.